The summed E-state index contributed by atoms with van der Waals surface area (Å²) in [6.07, 6.45) is 5.10. The zero-order chi connectivity index (χ0) is 17.9. The van der Waals surface area contributed by atoms with Crippen molar-refractivity contribution in [3.63, 3.8) is 0 Å². The van der Waals surface area contributed by atoms with E-state index >= 15 is 0 Å². The lowest BCUT2D eigenvalue weighted by Crippen LogP contribution is -2.13. The van der Waals surface area contributed by atoms with Gasteiger partial charge in [0, 0.05) is 24.8 Å². The van der Waals surface area contributed by atoms with Crippen LogP contribution in [0.1, 0.15) is 34.6 Å². The number of rotatable bonds is 4. The van der Waals surface area contributed by atoms with Gasteiger partial charge in [-0.15, -0.1) is 0 Å². The molecule has 0 amide bonds. The predicted octanol–water partition coefficient (Wildman–Crippen LogP) is 1.25. The lowest BCUT2D eigenvalue weighted by molar-refractivity contribution is 0.0515. The summed E-state index contributed by atoms with van der Waals surface area (Å²) < 4.78 is 9.37. The minimum atomic E-state index is -0.485. The first kappa shape index (κ1) is 19.2. The highest BCUT2D eigenvalue weighted by molar-refractivity contribution is 6.28. The second-order valence-electron chi connectivity index (χ2n) is 3.99. The Morgan fingerprint density at radius 1 is 1.00 bits per heavy atom. The molecule has 0 fully saturated rings. The highest BCUT2D eigenvalue weighted by Crippen LogP contribution is 2.02. The fourth-order valence-corrected chi connectivity index (χ4v) is 1.40. The average Bonchev–Trinajstić information content (AvgIpc) is 2.57. The van der Waals surface area contributed by atoms with Crippen LogP contribution in [0, 0.1) is 0 Å². The van der Waals surface area contributed by atoms with Crippen molar-refractivity contribution in [3.05, 3.63) is 51.7 Å². The molecule has 0 aliphatic heterocycles. The zero-order valence-electron chi connectivity index (χ0n) is 13.0. The number of esters is 2. The number of hydrogen-bond acceptors (Lipinski definition) is 8. The first-order valence-electron chi connectivity index (χ1n) is 6.84. The Kier molecular flexibility index (Phi) is 8.06. The van der Waals surface area contributed by atoms with Crippen LogP contribution in [0.25, 0.3) is 0 Å². The Morgan fingerprint density at radius 3 is 1.96 bits per heavy atom. The van der Waals surface area contributed by atoms with Crippen molar-refractivity contribution in [2.45, 2.75) is 13.8 Å². The van der Waals surface area contributed by atoms with Gasteiger partial charge < -0.3 is 14.5 Å². The first-order chi connectivity index (χ1) is 11.5. The monoisotopic (exact) mass is 354 g/mol. The molecule has 0 spiro atoms. The van der Waals surface area contributed by atoms with Gasteiger partial charge in [0.1, 0.15) is 0 Å². The van der Waals surface area contributed by atoms with Crippen molar-refractivity contribution in [1.29, 1.82) is 0 Å². The predicted molar refractivity (Wildman–Crippen MR) is 83.8 cm³/mol. The highest BCUT2D eigenvalue weighted by Gasteiger charge is 2.06. The largest absolute Gasteiger partial charge is 0.462 e. The summed E-state index contributed by atoms with van der Waals surface area (Å²) in [5.74, 6) is -0.921. The number of carbonyl (C=O) groups excluding carboxylic acids is 2. The third-order valence-corrected chi connectivity index (χ3v) is 2.51. The summed E-state index contributed by atoms with van der Waals surface area (Å²) >= 11 is 5.42. The van der Waals surface area contributed by atoms with Crippen LogP contribution in [-0.4, -0.2) is 45.1 Å². The number of halogens is 1. The van der Waals surface area contributed by atoms with Gasteiger partial charge in [-0.3, -0.25) is 0 Å². The van der Waals surface area contributed by atoms with Gasteiger partial charge in [-0.2, -0.15) is 0 Å². The number of hydrogen-bond donors (Lipinski definition) is 1. The highest BCUT2D eigenvalue weighted by atomic mass is 35.5. The average molecular weight is 355 g/mol. The molecule has 2 aromatic rings. The van der Waals surface area contributed by atoms with Crippen LogP contribution in [-0.2, 0) is 9.47 Å². The third kappa shape index (κ3) is 6.53. The maximum absolute atomic E-state index is 11.0. The van der Waals surface area contributed by atoms with E-state index < -0.39 is 17.6 Å². The molecule has 0 unspecified atom stereocenters. The van der Waals surface area contributed by atoms with E-state index in [-0.39, 0.29) is 10.8 Å². The van der Waals surface area contributed by atoms with Crippen molar-refractivity contribution in [1.82, 2.24) is 19.9 Å². The van der Waals surface area contributed by atoms with Crippen LogP contribution >= 0.6 is 11.6 Å². The lowest BCUT2D eigenvalue weighted by Gasteiger charge is -1.99. The summed E-state index contributed by atoms with van der Waals surface area (Å²) in [6.45, 7) is 4.07. The second kappa shape index (κ2) is 10.1. The van der Waals surface area contributed by atoms with E-state index in [9.17, 15) is 14.4 Å². The summed E-state index contributed by atoms with van der Waals surface area (Å²) in [7, 11) is 0. The molecule has 9 nitrogen and oxygen atoms in total. The number of ether oxygens (including phenoxy) is 2. The van der Waals surface area contributed by atoms with Gasteiger partial charge in [0.15, 0.2) is 0 Å². The molecular formula is C14H15ClN4O5. The normalized spacial score (nSPS) is 9.46. The molecule has 10 heteroatoms. The standard InChI is InChI=1S/C7H7ClN2O2.C7H8N2O3/c1-2-12-6(11)5-3-9-7(8)10-4-5;1-2-12-6(10)5-3-8-7(11)9-4-5/h3-4H,2H2,1H3;3-4H,2H2,1H3,(H,8,9,11). The molecule has 2 rings (SSSR count). The molecule has 0 saturated carbocycles. The van der Waals surface area contributed by atoms with Crippen molar-refractivity contribution in [2.24, 2.45) is 0 Å². The van der Waals surface area contributed by atoms with Crippen molar-refractivity contribution >= 4 is 23.5 Å². The van der Waals surface area contributed by atoms with Gasteiger partial charge in [0.05, 0.1) is 24.3 Å². The quantitative estimate of drug-likeness (QED) is 0.642. The summed E-state index contributed by atoms with van der Waals surface area (Å²) in [6, 6.07) is 0. The molecule has 0 bridgehead atoms. The summed E-state index contributed by atoms with van der Waals surface area (Å²) in [4.78, 5) is 45.4. The number of H-pyrrole nitrogens is 1. The molecule has 2 heterocycles. The van der Waals surface area contributed by atoms with E-state index in [0.717, 1.165) is 0 Å². The molecule has 24 heavy (non-hydrogen) atoms. The topological polar surface area (TPSA) is 124 Å². The van der Waals surface area contributed by atoms with Gasteiger partial charge in [0.2, 0.25) is 5.28 Å². The van der Waals surface area contributed by atoms with Crippen LogP contribution in [0.2, 0.25) is 5.28 Å². The molecule has 0 atom stereocenters. The number of aromatic nitrogens is 4. The SMILES string of the molecule is CCOC(=O)c1cnc(=O)[nH]c1.CCOC(=O)c1cnc(Cl)nc1. The summed E-state index contributed by atoms with van der Waals surface area (Å²) in [5.41, 5.74) is 0.0701. The van der Waals surface area contributed by atoms with Crippen LogP contribution in [0.3, 0.4) is 0 Å². The van der Waals surface area contributed by atoms with Gasteiger partial charge in [0.25, 0.3) is 0 Å². The van der Waals surface area contributed by atoms with Crippen LogP contribution in [0.15, 0.2) is 29.6 Å². The van der Waals surface area contributed by atoms with E-state index in [1.165, 1.54) is 24.8 Å². The number of aromatic amines is 1. The lowest BCUT2D eigenvalue weighted by atomic mass is 10.3. The number of nitrogens with one attached hydrogen (secondary N) is 1. The van der Waals surface area contributed by atoms with E-state index in [2.05, 4.69) is 24.7 Å². The van der Waals surface area contributed by atoms with Gasteiger partial charge in [-0.05, 0) is 25.4 Å². The molecule has 128 valence electrons. The van der Waals surface area contributed by atoms with Crippen LogP contribution < -0.4 is 5.69 Å². The smallest absolute Gasteiger partial charge is 0.344 e. The first-order valence-corrected chi connectivity index (χ1v) is 7.22. The Labute approximate surface area is 142 Å². The Hall–Kier alpha value is -2.81. The molecule has 0 saturated heterocycles. The molecule has 0 aliphatic carbocycles. The summed E-state index contributed by atoms with van der Waals surface area (Å²) in [5, 5.41) is 0.114. The zero-order valence-corrected chi connectivity index (χ0v) is 13.7. The van der Waals surface area contributed by atoms with Crippen molar-refractivity contribution in [2.75, 3.05) is 13.2 Å². The minimum absolute atomic E-state index is 0.114. The van der Waals surface area contributed by atoms with Gasteiger partial charge >= 0.3 is 17.6 Å². The fourth-order valence-electron chi connectivity index (χ4n) is 1.30. The Bertz CT molecular complexity index is 712. The van der Waals surface area contributed by atoms with Crippen LogP contribution in [0.4, 0.5) is 0 Å². The molecule has 2 aromatic heterocycles. The minimum Gasteiger partial charge on any atom is -0.462 e. The third-order valence-electron chi connectivity index (χ3n) is 2.31. The fraction of sp³-hybridized carbons (Fsp3) is 0.286. The van der Waals surface area contributed by atoms with Crippen molar-refractivity contribution < 1.29 is 19.1 Å². The van der Waals surface area contributed by atoms with E-state index in [0.29, 0.717) is 18.8 Å². The van der Waals surface area contributed by atoms with Crippen molar-refractivity contribution in [3.8, 4) is 0 Å². The van der Waals surface area contributed by atoms with E-state index in [1.807, 2.05) is 0 Å². The van der Waals surface area contributed by atoms with E-state index in [4.69, 9.17) is 16.3 Å². The van der Waals surface area contributed by atoms with E-state index in [1.54, 1.807) is 13.8 Å². The second-order valence-corrected chi connectivity index (χ2v) is 4.33. The van der Waals surface area contributed by atoms with Crippen LogP contribution in [0.5, 0.6) is 0 Å². The number of nitrogens with zero attached hydrogens (tertiary/aromatic N) is 3. The molecule has 1 N–H and O–H groups in total. The molecule has 0 aliphatic rings. The maximum Gasteiger partial charge on any atom is 0.344 e. The van der Waals surface area contributed by atoms with Gasteiger partial charge in [-0.25, -0.2) is 29.3 Å². The molecule has 0 radical (unpaired) electrons. The Morgan fingerprint density at radius 2 is 1.50 bits per heavy atom. The molecular weight excluding hydrogens is 340 g/mol. The molecule has 0 aromatic carbocycles. The maximum atomic E-state index is 11.0. The number of carbonyl (C=O) groups is 2. The Balaban J connectivity index is 0.000000240. The van der Waals surface area contributed by atoms with Gasteiger partial charge in [-0.1, -0.05) is 0 Å².